The third kappa shape index (κ3) is 16.6. The molecule has 101 heavy (non-hydrogen) atoms. The molecule has 8 aliphatic rings. The number of hydrogen-bond donors (Lipinski definition) is 6. The molecule has 0 unspecified atom stereocenters. The van der Waals surface area contributed by atoms with Crippen LogP contribution in [-0.2, 0) is 16.3 Å². The predicted octanol–water partition coefficient (Wildman–Crippen LogP) is 8.22. The number of carbonyl (C=O) groups is 6. The molecule has 5 atom stereocenters. The lowest BCUT2D eigenvalue weighted by Crippen LogP contribution is -2.48. The van der Waals surface area contributed by atoms with Crippen molar-refractivity contribution in [2.45, 2.75) is 113 Å². The van der Waals surface area contributed by atoms with Crippen molar-refractivity contribution in [1.29, 1.82) is 0 Å². The Morgan fingerprint density at radius 3 is 1.72 bits per heavy atom. The monoisotopic (exact) mass is 1430 g/mol. The highest BCUT2D eigenvalue weighted by Gasteiger charge is 2.45. The second-order valence-corrected chi connectivity index (χ2v) is 27.8. The number of nitrogens with zero attached hydrogens (tertiary/aromatic N) is 12. The summed E-state index contributed by atoms with van der Waals surface area (Å²) < 4.78 is 110. The molecule has 1 aliphatic carbocycles. The van der Waals surface area contributed by atoms with Crippen molar-refractivity contribution in [3.63, 3.8) is 0 Å². The molecule has 14 rings (SSSR count). The van der Waals surface area contributed by atoms with Gasteiger partial charge in [-0.25, -0.2) is 47.7 Å². The number of fused-ring (bicyclic) bond motifs is 13. The summed E-state index contributed by atoms with van der Waals surface area (Å²) in [5.41, 5.74) is 3.23. The summed E-state index contributed by atoms with van der Waals surface area (Å²) in [6, 6.07) is 16.9. The van der Waals surface area contributed by atoms with E-state index in [1.165, 1.54) is 59.0 Å². The largest absolute Gasteiger partial charge is 0.492 e. The van der Waals surface area contributed by atoms with Crippen LogP contribution in [0.25, 0.3) is 0 Å². The van der Waals surface area contributed by atoms with Gasteiger partial charge in [-0.15, -0.1) is 0 Å². The number of hydrogen-bond acceptors (Lipinski definition) is 21. The van der Waals surface area contributed by atoms with Gasteiger partial charge in [-0.05, 0) is 111 Å². The van der Waals surface area contributed by atoms with Crippen molar-refractivity contribution in [2.75, 3.05) is 117 Å². The third-order valence-electron chi connectivity index (χ3n) is 18.3. The van der Waals surface area contributed by atoms with Crippen molar-refractivity contribution in [2.24, 2.45) is 11.8 Å². The minimum atomic E-state index is -4.57. The van der Waals surface area contributed by atoms with E-state index >= 15 is 0 Å². The number of halogens is 6. The van der Waals surface area contributed by atoms with Gasteiger partial charge in [0.1, 0.15) is 59.5 Å². The number of Topliss-reactive ketones (excluding diaryl/α,β-unsaturated/α-hetero) is 2. The van der Waals surface area contributed by atoms with Gasteiger partial charge in [-0.3, -0.25) is 45.0 Å². The Kier molecular flexibility index (Phi) is 20.5. The van der Waals surface area contributed by atoms with E-state index in [-0.39, 0.29) is 82.0 Å². The van der Waals surface area contributed by atoms with Crippen LogP contribution >= 0.6 is 0 Å². The summed E-state index contributed by atoms with van der Waals surface area (Å²) in [5, 5.41) is 28.3. The topological polar surface area (TPSA) is 340 Å². The zero-order valence-corrected chi connectivity index (χ0v) is 55.5. The van der Waals surface area contributed by atoms with Crippen LogP contribution in [0.1, 0.15) is 102 Å². The summed E-state index contributed by atoms with van der Waals surface area (Å²) in [6.45, 7) is 3.53. The lowest BCUT2D eigenvalue weighted by Gasteiger charge is -2.35. The number of ether oxygens (including phenoxy) is 2. The van der Waals surface area contributed by atoms with Crippen LogP contribution in [-0.4, -0.2) is 193 Å². The number of aromatic nitrogens is 6. The number of alkyl halides is 6. The number of aryl methyl sites for hydroxylation is 1. The Morgan fingerprint density at radius 1 is 0.663 bits per heavy atom. The maximum atomic E-state index is 13.4. The molecule has 35 heteroatoms. The van der Waals surface area contributed by atoms with Gasteiger partial charge in [0.05, 0.1) is 65.4 Å². The van der Waals surface area contributed by atoms with Crippen LogP contribution in [0.4, 0.5) is 92.7 Å². The van der Waals surface area contributed by atoms with E-state index in [4.69, 9.17) is 19.6 Å². The van der Waals surface area contributed by atoms with Crippen LogP contribution < -0.4 is 60.1 Å². The average molecular weight is 1430 g/mol. The molecule has 28 nitrogen and oxygen atoms in total. The quantitative estimate of drug-likeness (QED) is 0.0370. The molecule has 6 aromatic rings. The standard InChI is InChI=1S/C24H27N5O3.C23H26F3N5O5.C19H19F3N6O4S/c30-20(8-5-15-3-4-15)18-6-7-19-23(26-18)29(17-9-10-28(19)14-17)24(31)27-22-12-16-2-1-11-32-21(16)13-25-22;1-13(23(24,25)26)9-18(34)16-5-6-17-21(27-16)31(14-7-8-30(17)10-14)22(35)29-19-3-2-4-20(28-19)36-12-15(33)11-32;1-33(31,32)12-2-5-15(23-8-12)26-18(30)28-11-6-7-27(9-11)14-4-3-13(25-16(14)28)17(29)24-10-19(20,21)22/h6-7,12-13,15,17H,1-5,8-11,14H2,(H,25,27,31);2-6,13-15,32-33H,7-12H2,1H3,(H,28,29,35);2-5,8,11H,6-7,9-10H2,1H3,(H,24,29)(H,23,26,30)/t17-;13-,14-,15-;11-/m000/s1. The number of urea groups is 3. The number of aliphatic hydroxyl groups excluding tert-OH is 2. The van der Waals surface area contributed by atoms with Gasteiger partial charge in [0.15, 0.2) is 38.9 Å². The van der Waals surface area contributed by atoms with Gasteiger partial charge in [0, 0.05) is 70.6 Å². The molecule has 536 valence electrons. The summed E-state index contributed by atoms with van der Waals surface area (Å²) >= 11 is 0. The summed E-state index contributed by atoms with van der Waals surface area (Å²) in [5.74, 6) is -0.213. The Bertz CT molecular complexity index is 4270. The van der Waals surface area contributed by atoms with Gasteiger partial charge >= 0.3 is 30.4 Å². The van der Waals surface area contributed by atoms with Crippen molar-refractivity contribution < 1.29 is 83.2 Å². The number of amides is 7. The number of pyridine rings is 6. The normalized spacial score (nSPS) is 18.9. The molecule has 6 bridgehead atoms. The second-order valence-electron chi connectivity index (χ2n) is 25.7. The minimum Gasteiger partial charge on any atom is -0.492 e. The van der Waals surface area contributed by atoms with E-state index in [1.54, 1.807) is 34.6 Å². The highest BCUT2D eigenvalue weighted by Crippen LogP contribution is 2.43. The Hall–Kier alpha value is -10.0. The zero-order chi connectivity index (χ0) is 71.7. The molecule has 0 aromatic carbocycles. The van der Waals surface area contributed by atoms with Crippen LogP contribution in [0.2, 0.25) is 0 Å². The molecular formula is C66H72F6N16O12S. The fraction of sp³-hybridized carbons (Fsp3) is 0.455. The van der Waals surface area contributed by atoms with Gasteiger partial charge < -0.3 is 39.7 Å². The van der Waals surface area contributed by atoms with Crippen molar-refractivity contribution in [1.82, 2.24) is 35.2 Å². The van der Waals surface area contributed by atoms with Crippen molar-refractivity contribution in [3.05, 3.63) is 108 Å². The van der Waals surface area contributed by atoms with E-state index < -0.39 is 77.5 Å². The molecule has 3 saturated heterocycles. The highest BCUT2D eigenvalue weighted by atomic mass is 32.2. The first kappa shape index (κ1) is 70.8. The molecule has 6 N–H and O–H groups in total. The van der Waals surface area contributed by atoms with E-state index in [0.717, 1.165) is 75.1 Å². The SMILES string of the molecule is CS(=O)(=O)c1ccc(NC(=O)N2c3nc(C(=O)NCC(F)(F)F)ccc3N3CC[C@H]2C3)nc1.C[C@@H](CC(=O)c1ccc2c(n1)N(C(=O)Nc1cccc(OC[C@@H](O)CO)n1)[C@H]1CCN2C1)C(F)(F)F.O=C(CCC1CC1)c1ccc2c(n1)N(C(=O)Nc1cc3c(cn1)OCCC3)[C@H]1CCN2C1. The number of nitrogens with one attached hydrogen (secondary N) is 4. The third-order valence-corrected chi connectivity index (χ3v) is 19.4. The minimum absolute atomic E-state index is 0.00794. The van der Waals surface area contributed by atoms with Crippen LogP contribution in [0.3, 0.4) is 0 Å². The van der Waals surface area contributed by atoms with Crippen LogP contribution in [0, 0.1) is 11.8 Å². The Balaban J connectivity index is 0.000000144. The molecule has 0 radical (unpaired) electrons. The zero-order valence-electron chi connectivity index (χ0n) is 54.7. The van der Waals surface area contributed by atoms with Crippen molar-refractivity contribution >= 4 is 97.4 Å². The molecule has 6 aromatic heterocycles. The molecular weight excluding hydrogens is 1350 g/mol. The highest BCUT2D eigenvalue weighted by molar-refractivity contribution is 7.90. The molecule has 7 amide bonds. The first-order chi connectivity index (χ1) is 48.1. The van der Waals surface area contributed by atoms with E-state index in [0.29, 0.717) is 86.7 Å². The van der Waals surface area contributed by atoms with Gasteiger partial charge in [-0.1, -0.05) is 25.8 Å². The number of rotatable bonds is 17. The fourth-order valence-corrected chi connectivity index (χ4v) is 13.4. The lowest BCUT2D eigenvalue weighted by atomic mass is 10.0. The average Bonchev–Trinajstić information content (AvgIpc) is 1.70. The number of sulfone groups is 1. The molecule has 0 spiro atoms. The number of ketones is 2. The number of carbonyl (C=O) groups excluding carboxylic acids is 6. The Labute approximate surface area is 574 Å². The van der Waals surface area contributed by atoms with E-state index in [9.17, 15) is 68.6 Å². The maximum absolute atomic E-state index is 13.4. The fourth-order valence-electron chi connectivity index (χ4n) is 12.8. The predicted molar refractivity (Wildman–Crippen MR) is 356 cm³/mol. The molecule has 1 saturated carbocycles. The van der Waals surface area contributed by atoms with Gasteiger partial charge in [-0.2, -0.15) is 31.3 Å². The second kappa shape index (κ2) is 29.3. The summed E-state index contributed by atoms with van der Waals surface area (Å²) in [6.07, 6.45) is 0.898. The first-order valence-electron chi connectivity index (χ1n) is 32.9. The summed E-state index contributed by atoms with van der Waals surface area (Å²) in [7, 11) is -3.45. The lowest BCUT2D eigenvalue weighted by molar-refractivity contribution is -0.168. The summed E-state index contributed by atoms with van der Waals surface area (Å²) in [4.78, 5) is 114. The first-order valence-corrected chi connectivity index (χ1v) is 34.8. The number of aliphatic hydroxyl groups is 2. The number of anilines is 9. The van der Waals surface area contributed by atoms with Gasteiger partial charge in [0.2, 0.25) is 5.88 Å². The molecule has 13 heterocycles. The maximum Gasteiger partial charge on any atom is 0.405 e. The van der Waals surface area contributed by atoms with E-state index in [2.05, 4.69) is 45.8 Å². The van der Waals surface area contributed by atoms with Gasteiger partial charge in [0.25, 0.3) is 5.91 Å². The molecule has 7 aliphatic heterocycles. The Morgan fingerprint density at radius 2 is 1.20 bits per heavy atom. The van der Waals surface area contributed by atoms with E-state index in [1.807, 2.05) is 28.0 Å². The van der Waals surface area contributed by atoms with Crippen LogP contribution in [0.5, 0.6) is 11.6 Å². The molecule has 4 fully saturated rings. The van der Waals surface area contributed by atoms with Crippen molar-refractivity contribution in [3.8, 4) is 11.6 Å². The van der Waals surface area contributed by atoms with Crippen LogP contribution in [0.15, 0.2) is 90.1 Å². The smallest absolute Gasteiger partial charge is 0.405 e.